The monoisotopic (exact) mass is 279 g/mol. The Morgan fingerprint density at radius 3 is 3.00 bits per heavy atom. The van der Waals surface area contributed by atoms with Gasteiger partial charge in [0, 0.05) is 30.6 Å². The van der Waals surface area contributed by atoms with Crippen molar-refractivity contribution in [3.63, 3.8) is 0 Å². The van der Waals surface area contributed by atoms with Gasteiger partial charge in [-0.2, -0.15) is 0 Å². The average molecular weight is 279 g/mol. The van der Waals surface area contributed by atoms with Gasteiger partial charge in [-0.3, -0.25) is 0 Å². The van der Waals surface area contributed by atoms with Crippen molar-refractivity contribution in [1.82, 2.24) is 10.3 Å². The van der Waals surface area contributed by atoms with Gasteiger partial charge in [-0.15, -0.1) is 11.3 Å². The Morgan fingerprint density at radius 2 is 2.21 bits per heavy atom. The second-order valence-electron chi connectivity index (χ2n) is 5.88. The fraction of sp³-hybridized carbons (Fsp3) is 0.800. The number of nitrogens with one attached hydrogen (secondary N) is 1. The number of thiazole rings is 1. The van der Waals surface area contributed by atoms with E-state index in [4.69, 9.17) is 4.98 Å². The summed E-state index contributed by atoms with van der Waals surface area (Å²) in [5.74, 6) is 0. The highest BCUT2D eigenvalue weighted by Crippen LogP contribution is 2.29. The van der Waals surface area contributed by atoms with E-state index >= 15 is 0 Å². The van der Waals surface area contributed by atoms with E-state index in [1.54, 1.807) is 0 Å². The van der Waals surface area contributed by atoms with Gasteiger partial charge in [0.15, 0.2) is 5.13 Å². The van der Waals surface area contributed by atoms with Crippen molar-refractivity contribution in [2.45, 2.75) is 70.5 Å². The Bertz CT molecular complexity index is 400. The molecule has 2 fully saturated rings. The molecule has 1 aliphatic heterocycles. The van der Waals surface area contributed by atoms with Crippen LogP contribution in [-0.2, 0) is 6.54 Å². The van der Waals surface area contributed by atoms with E-state index in [0.29, 0.717) is 6.04 Å². The second kappa shape index (κ2) is 6.23. The Morgan fingerprint density at radius 1 is 1.32 bits per heavy atom. The van der Waals surface area contributed by atoms with Crippen molar-refractivity contribution in [2.24, 2.45) is 0 Å². The molecule has 1 aromatic rings. The van der Waals surface area contributed by atoms with E-state index in [1.807, 2.05) is 11.3 Å². The minimum absolute atomic E-state index is 0.706. The number of hydrogen-bond acceptors (Lipinski definition) is 4. The van der Waals surface area contributed by atoms with Gasteiger partial charge in [-0.25, -0.2) is 4.98 Å². The van der Waals surface area contributed by atoms with Crippen LogP contribution in [0.1, 0.15) is 57.6 Å². The van der Waals surface area contributed by atoms with Crippen LogP contribution in [0.15, 0.2) is 5.38 Å². The SMILES string of the molecule is CCC1CCCCCN1c1nc(CNC2CC2)cs1. The molecule has 1 aromatic heterocycles. The number of aromatic nitrogens is 1. The predicted octanol–water partition coefficient (Wildman–Crippen LogP) is 3.55. The summed E-state index contributed by atoms with van der Waals surface area (Å²) in [4.78, 5) is 7.42. The molecule has 3 rings (SSSR count). The highest BCUT2D eigenvalue weighted by atomic mass is 32.1. The molecular weight excluding hydrogens is 254 g/mol. The molecule has 0 amide bonds. The summed E-state index contributed by atoms with van der Waals surface area (Å²) < 4.78 is 0. The summed E-state index contributed by atoms with van der Waals surface area (Å²) in [5, 5.41) is 7.04. The summed E-state index contributed by atoms with van der Waals surface area (Å²) in [5.41, 5.74) is 1.23. The molecule has 2 aliphatic rings. The maximum absolute atomic E-state index is 4.86. The van der Waals surface area contributed by atoms with E-state index in [9.17, 15) is 0 Å². The van der Waals surface area contributed by atoms with Gasteiger partial charge in [0.2, 0.25) is 0 Å². The maximum atomic E-state index is 4.86. The minimum atomic E-state index is 0.706. The fourth-order valence-electron chi connectivity index (χ4n) is 2.90. The van der Waals surface area contributed by atoms with Gasteiger partial charge in [0.05, 0.1) is 5.69 Å². The minimum Gasteiger partial charge on any atom is -0.345 e. The lowest BCUT2D eigenvalue weighted by Gasteiger charge is -2.28. The van der Waals surface area contributed by atoms with Crippen molar-refractivity contribution in [3.05, 3.63) is 11.1 Å². The Hall–Kier alpha value is -0.610. The van der Waals surface area contributed by atoms with Crippen LogP contribution in [0.2, 0.25) is 0 Å². The third-order valence-corrected chi connectivity index (χ3v) is 5.21. The van der Waals surface area contributed by atoms with E-state index in [2.05, 4.69) is 22.5 Å². The third kappa shape index (κ3) is 3.48. The number of nitrogens with zero attached hydrogens (tertiary/aromatic N) is 2. The first-order valence-corrected chi connectivity index (χ1v) is 8.69. The smallest absolute Gasteiger partial charge is 0.185 e. The molecule has 1 aliphatic carbocycles. The van der Waals surface area contributed by atoms with Crippen LogP contribution >= 0.6 is 11.3 Å². The lowest BCUT2D eigenvalue weighted by atomic mass is 10.1. The first kappa shape index (κ1) is 13.4. The van der Waals surface area contributed by atoms with Crippen LogP contribution in [0.3, 0.4) is 0 Å². The van der Waals surface area contributed by atoms with E-state index in [-0.39, 0.29) is 0 Å². The van der Waals surface area contributed by atoms with Gasteiger partial charge in [0.25, 0.3) is 0 Å². The number of hydrogen-bond donors (Lipinski definition) is 1. The maximum Gasteiger partial charge on any atom is 0.185 e. The van der Waals surface area contributed by atoms with Crippen molar-refractivity contribution in [3.8, 4) is 0 Å². The summed E-state index contributed by atoms with van der Waals surface area (Å²) in [6.07, 6.45) is 9.37. The number of rotatable bonds is 5. The Labute approximate surface area is 120 Å². The molecule has 0 spiro atoms. The topological polar surface area (TPSA) is 28.2 Å². The first-order chi connectivity index (χ1) is 9.36. The van der Waals surface area contributed by atoms with Gasteiger partial charge in [0.1, 0.15) is 0 Å². The Balaban J connectivity index is 1.64. The normalized spacial score (nSPS) is 24.5. The summed E-state index contributed by atoms with van der Waals surface area (Å²) in [6.45, 7) is 4.46. The van der Waals surface area contributed by atoms with Crippen LogP contribution < -0.4 is 10.2 Å². The van der Waals surface area contributed by atoms with Gasteiger partial charge >= 0.3 is 0 Å². The highest BCUT2D eigenvalue weighted by molar-refractivity contribution is 7.13. The zero-order valence-corrected chi connectivity index (χ0v) is 12.7. The zero-order chi connectivity index (χ0) is 13.1. The lowest BCUT2D eigenvalue weighted by molar-refractivity contribution is 0.554. The molecule has 1 unspecified atom stereocenters. The van der Waals surface area contributed by atoms with Crippen molar-refractivity contribution >= 4 is 16.5 Å². The van der Waals surface area contributed by atoms with Gasteiger partial charge < -0.3 is 10.2 Å². The van der Waals surface area contributed by atoms with Crippen molar-refractivity contribution in [2.75, 3.05) is 11.4 Å². The summed E-state index contributed by atoms with van der Waals surface area (Å²) in [6, 6.07) is 1.48. The van der Waals surface area contributed by atoms with Crippen LogP contribution in [0.25, 0.3) is 0 Å². The quantitative estimate of drug-likeness (QED) is 0.893. The highest BCUT2D eigenvalue weighted by Gasteiger charge is 2.23. The van der Waals surface area contributed by atoms with Crippen LogP contribution in [0.4, 0.5) is 5.13 Å². The van der Waals surface area contributed by atoms with Crippen LogP contribution in [0, 0.1) is 0 Å². The molecule has 1 atom stereocenters. The second-order valence-corrected chi connectivity index (χ2v) is 6.72. The van der Waals surface area contributed by atoms with Gasteiger partial charge in [-0.05, 0) is 32.1 Å². The van der Waals surface area contributed by atoms with E-state index in [0.717, 1.165) is 12.6 Å². The van der Waals surface area contributed by atoms with Crippen molar-refractivity contribution < 1.29 is 0 Å². The van der Waals surface area contributed by atoms with Crippen LogP contribution in [0.5, 0.6) is 0 Å². The molecule has 3 nitrogen and oxygen atoms in total. The number of anilines is 1. The first-order valence-electron chi connectivity index (χ1n) is 7.81. The molecule has 106 valence electrons. The van der Waals surface area contributed by atoms with Crippen molar-refractivity contribution in [1.29, 1.82) is 0 Å². The average Bonchev–Trinajstić information content (AvgIpc) is 3.19. The van der Waals surface area contributed by atoms with Gasteiger partial charge in [-0.1, -0.05) is 19.8 Å². The molecule has 0 bridgehead atoms. The molecule has 4 heteroatoms. The predicted molar refractivity (Wildman–Crippen MR) is 81.9 cm³/mol. The zero-order valence-electron chi connectivity index (χ0n) is 11.9. The molecule has 1 N–H and O–H groups in total. The largest absolute Gasteiger partial charge is 0.345 e. The molecule has 19 heavy (non-hydrogen) atoms. The Kier molecular flexibility index (Phi) is 4.38. The molecule has 0 radical (unpaired) electrons. The summed E-state index contributed by atoms with van der Waals surface area (Å²) >= 11 is 1.83. The fourth-order valence-corrected chi connectivity index (χ4v) is 3.82. The molecule has 0 aromatic carbocycles. The molecule has 1 saturated heterocycles. The third-order valence-electron chi connectivity index (χ3n) is 4.28. The summed E-state index contributed by atoms with van der Waals surface area (Å²) in [7, 11) is 0. The molecule has 2 heterocycles. The van der Waals surface area contributed by atoms with Crippen LogP contribution in [-0.4, -0.2) is 23.6 Å². The van der Waals surface area contributed by atoms with E-state index < -0.39 is 0 Å². The lowest BCUT2D eigenvalue weighted by Crippen LogP contribution is -2.34. The molecular formula is C15H25N3S. The molecule has 1 saturated carbocycles. The van der Waals surface area contributed by atoms with E-state index in [1.165, 1.54) is 62.3 Å². The standard InChI is InChI=1S/C15H25N3S/c1-2-14-6-4-3-5-9-18(14)15-17-13(11-19-15)10-16-12-7-8-12/h11-12,14,16H,2-10H2,1H3.